The predicted octanol–water partition coefficient (Wildman–Crippen LogP) is 13.2. The van der Waals surface area contributed by atoms with Crippen LogP contribution in [0.1, 0.15) is 46.2 Å². The highest BCUT2D eigenvalue weighted by Crippen LogP contribution is 2.64. The number of rotatable bonds is 4. The van der Waals surface area contributed by atoms with E-state index in [4.69, 9.17) is 0 Å². The van der Waals surface area contributed by atoms with Crippen molar-refractivity contribution in [3.05, 3.63) is 209 Å². The molecule has 0 amide bonds. The van der Waals surface area contributed by atoms with Crippen molar-refractivity contribution in [3.8, 4) is 33.4 Å². The summed E-state index contributed by atoms with van der Waals surface area (Å²) in [6, 6.07) is 66.1. The lowest BCUT2D eigenvalue weighted by atomic mass is 9.70. The van der Waals surface area contributed by atoms with Crippen LogP contribution in [0.4, 0.5) is 17.1 Å². The van der Waals surface area contributed by atoms with Gasteiger partial charge in [0.15, 0.2) is 0 Å². The van der Waals surface area contributed by atoms with E-state index in [9.17, 15) is 0 Å². The van der Waals surface area contributed by atoms with Gasteiger partial charge in [0.1, 0.15) is 0 Å². The largest absolute Gasteiger partial charge is 0.310 e. The summed E-state index contributed by atoms with van der Waals surface area (Å²) in [5, 5.41) is 2.59. The van der Waals surface area contributed by atoms with Crippen LogP contribution in [-0.4, -0.2) is 0 Å². The van der Waals surface area contributed by atoms with Gasteiger partial charge in [-0.05, 0) is 140 Å². The zero-order valence-corrected chi connectivity index (χ0v) is 29.0. The molecule has 0 aliphatic heterocycles. The van der Waals surface area contributed by atoms with Gasteiger partial charge in [-0.25, -0.2) is 0 Å². The second kappa shape index (κ2) is 11.4. The average molecular weight is 664 g/mol. The van der Waals surface area contributed by atoms with Crippen LogP contribution in [0.25, 0.3) is 44.2 Å². The highest BCUT2D eigenvalue weighted by Gasteiger charge is 2.52. The van der Waals surface area contributed by atoms with Crippen LogP contribution in [0.15, 0.2) is 176 Å². The molecule has 0 radical (unpaired) electrons. The van der Waals surface area contributed by atoms with Gasteiger partial charge in [0.25, 0.3) is 0 Å². The molecule has 11 rings (SSSR count). The van der Waals surface area contributed by atoms with Gasteiger partial charge in [-0.15, -0.1) is 0 Å². The molecule has 3 aliphatic rings. The Kier molecular flexibility index (Phi) is 6.49. The van der Waals surface area contributed by atoms with E-state index in [0.717, 1.165) is 17.1 Å². The summed E-state index contributed by atoms with van der Waals surface area (Å²) in [5.74, 6) is 0. The third-order valence-corrected chi connectivity index (χ3v) is 12.1. The Morgan fingerprint density at radius 3 is 1.87 bits per heavy atom. The fraction of sp³-hybridized carbons (Fsp3) is 0.0980. The highest BCUT2D eigenvalue weighted by molar-refractivity contribution is 6.06. The maximum Gasteiger partial charge on any atom is 0.0726 e. The first-order valence-electron chi connectivity index (χ1n) is 18.7. The molecule has 1 nitrogen and oxygen atoms in total. The van der Waals surface area contributed by atoms with E-state index in [1.807, 2.05) is 0 Å². The molecule has 0 heterocycles. The van der Waals surface area contributed by atoms with Gasteiger partial charge in [-0.1, -0.05) is 140 Å². The third kappa shape index (κ3) is 4.11. The number of para-hydroxylation sites is 1. The SMILES string of the molecule is c1ccc(N(c2ccc(-c3cccc4c3CCCC4)cc2)c2ccc3c(c2)C2(c4ccccc4-c4ccccc42)c2ccc4ccccc4c2-3)cc1. The zero-order valence-electron chi connectivity index (χ0n) is 29.0. The third-order valence-electron chi connectivity index (χ3n) is 12.1. The van der Waals surface area contributed by atoms with Crippen molar-refractivity contribution in [3.63, 3.8) is 0 Å². The van der Waals surface area contributed by atoms with Crippen LogP contribution in [0.5, 0.6) is 0 Å². The molecule has 246 valence electrons. The van der Waals surface area contributed by atoms with Gasteiger partial charge in [0.2, 0.25) is 0 Å². The molecule has 0 bridgehead atoms. The Morgan fingerprint density at radius 1 is 0.404 bits per heavy atom. The second-order valence-electron chi connectivity index (χ2n) is 14.6. The summed E-state index contributed by atoms with van der Waals surface area (Å²) < 4.78 is 0. The van der Waals surface area contributed by atoms with E-state index >= 15 is 0 Å². The van der Waals surface area contributed by atoms with Gasteiger partial charge in [0, 0.05) is 17.1 Å². The molecule has 0 N–H and O–H groups in total. The fourth-order valence-corrected chi connectivity index (χ4v) is 9.90. The van der Waals surface area contributed by atoms with Gasteiger partial charge in [-0.3, -0.25) is 0 Å². The molecule has 0 aromatic heterocycles. The van der Waals surface area contributed by atoms with E-state index in [1.165, 1.54) is 103 Å². The van der Waals surface area contributed by atoms with E-state index in [1.54, 1.807) is 0 Å². The Morgan fingerprint density at radius 2 is 1.06 bits per heavy atom. The lowest BCUT2D eigenvalue weighted by Gasteiger charge is -2.32. The van der Waals surface area contributed by atoms with Gasteiger partial charge in [-0.2, -0.15) is 0 Å². The molecule has 1 heteroatoms. The van der Waals surface area contributed by atoms with Crippen molar-refractivity contribution in [1.29, 1.82) is 0 Å². The standard InChI is InChI=1S/C51H37N/c1-2-16-37(17-3-1)52(38-28-25-36(26-29-38)41-22-12-15-34-13-4-6-18-40(34)41)39-30-31-45-49(33-39)51(48-32-27-35-14-5-7-19-42(35)50(45)48)46-23-10-8-20-43(46)44-21-9-11-24-47(44)51/h1-3,5,7-12,14-17,19-33H,4,6,13,18H2. The number of nitrogens with zero attached hydrogens (tertiary/aromatic N) is 1. The summed E-state index contributed by atoms with van der Waals surface area (Å²) in [4.78, 5) is 2.44. The van der Waals surface area contributed by atoms with Crippen molar-refractivity contribution in [2.24, 2.45) is 0 Å². The molecule has 8 aromatic rings. The minimum atomic E-state index is -0.420. The molecule has 0 atom stereocenters. The maximum absolute atomic E-state index is 2.50. The normalized spacial score (nSPS) is 14.4. The Hall–Kier alpha value is -6.18. The van der Waals surface area contributed by atoms with E-state index in [-0.39, 0.29) is 0 Å². The van der Waals surface area contributed by atoms with E-state index < -0.39 is 5.41 Å². The van der Waals surface area contributed by atoms with Crippen molar-refractivity contribution in [2.75, 3.05) is 4.90 Å². The summed E-state index contributed by atoms with van der Waals surface area (Å²) in [6.45, 7) is 0. The second-order valence-corrected chi connectivity index (χ2v) is 14.6. The van der Waals surface area contributed by atoms with E-state index in [2.05, 4.69) is 181 Å². The number of anilines is 3. The number of benzene rings is 8. The summed E-state index contributed by atoms with van der Waals surface area (Å²) in [5.41, 5.74) is 19.6. The highest BCUT2D eigenvalue weighted by atomic mass is 15.1. The smallest absolute Gasteiger partial charge is 0.0726 e. The quantitative estimate of drug-likeness (QED) is 0.181. The van der Waals surface area contributed by atoms with Crippen molar-refractivity contribution < 1.29 is 0 Å². The molecule has 0 saturated heterocycles. The number of fused-ring (bicyclic) bond motifs is 13. The van der Waals surface area contributed by atoms with Crippen LogP contribution in [0.3, 0.4) is 0 Å². The van der Waals surface area contributed by atoms with Crippen molar-refractivity contribution in [2.45, 2.75) is 31.1 Å². The minimum Gasteiger partial charge on any atom is -0.310 e. The minimum absolute atomic E-state index is 0.420. The van der Waals surface area contributed by atoms with Crippen LogP contribution in [0.2, 0.25) is 0 Å². The van der Waals surface area contributed by atoms with E-state index in [0.29, 0.717) is 0 Å². The Bertz CT molecular complexity index is 2640. The Balaban J connectivity index is 1.14. The molecule has 52 heavy (non-hydrogen) atoms. The first-order valence-corrected chi connectivity index (χ1v) is 18.7. The summed E-state index contributed by atoms with van der Waals surface area (Å²) in [6.07, 6.45) is 4.93. The van der Waals surface area contributed by atoms with Crippen LogP contribution >= 0.6 is 0 Å². The molecule has 0 fully saturated rings. The number of hydrogen-bond acceptors (Lipinski definition) is 1. The number of hydrogen-bond donors (Lipinski definition) is 0. The Labute approximate surface area is 305 Å². The van der Waals surface area contributed by atoms with Crippen LogP contribution < -0.4 is 4.90 Å². The zero-order chi connectivity index (χ0) is 34.2. The molecular formula is C51H37N. The monoisotopic (exact) mass is 663 g/mol. The molecule has 0 unspecified atom stereocenters. The molecule has 3 aliphatic carbocycles. The summed E-state index contributed by atoms with van der Waals surface area (Å²) >= 11 is 0. The van der Waals surface area contributed by atoms with Gasteiger partial charge < -0.3 is 4.90 Å². The lowest BCUT2D eigenvalue weighted by molar-refractivity contribution is 0.687. The predicted molar refractivity (Wildman–Crippen MR) is 217 cm³/mol. The lowest BCUT2D eigenvalue weighted by Crippen LogP contribution is -2.26. The van der Waals surface area contributed by atoms with Crippen molar-refractivity contribution in [1.82, 2.24) is 0 Å². The molecule has 1 spiro atoms. The van der Waals surface area contributed by atoms with Gasteiger partial charge in [0.05, 0.1) is 5.41 Å². The maximum atomic E-state index is 2.50. The molecule has 0 saturated carbocycles. The molecule has 8 aromatic carbocycles. The first-order chi connectivity index (χ1) is 25.8. The number of aryl methyl sites for hydroxylation is 1. The van der Waals surface area contributed by atoms with Crippen molar-refractivity contribution >= 4 is 27.8 Å². The summed E-state index contributed by atoms with van der Waals surface area (Å²) in [7, 11) is 0. The van der Waals surface area contributed by atoms with Gasteiger partial charge >= 0.3 is 0 Å². The topological polar surface area (TPSA) is 3.24 Å². The first kappa shape index (κ1) is 29.5. The average Bonchev–Trinajstić information content (AvgIpc) is 3.69. The fourth-order valence-electron chi connectivity index (χ4n) is 9.90. The van der Waals surface area contributed by atoms with Crippen LogP contribution in [-0.2, 0) is 18.3 Å². The van der Waals surface area contributed by atoms with Crippen LogP contribution in [0, 0.1) is 0 Å². The molecular weight excluding hydrogens is 627 g/mol.